The van der Waals surface area contributed by atoms with Crippen molar-refractivity contribution in [2.24, 2.45) is 0 Å². The van der Waals surface area contributed by atoms with Crippen molar-refractivity contribution in [1.29, 1.82) is 0 Å². The highest BCUT2D eigenvalue weighted by atomic mass is 35.5. The van der Waals surface area contributed by atoms with Gasteiger partial charge in [-0.25, -0.2) is 0 Å². The molecule has 2 aromatic rings. The van der Waals surface area contributed by atoms with E-state index in [9.17, 15) is 9.59 Å². The van der Waals surface area contributed by atoms with Gasteiger partial charge < -0.3 is 5.32 Å². The average molecular weight is 314 g/mol. The first kappa shape index (κ1) is 14.8. The Hall–Kier alpha value is -2.13. The van der Waals surface area contributed by atoms with Gasteiger partial charge in [0.25, 0.3) is 0 Å². The molecule has 0 aliphatic carbocycles. The van der Waals surface area contributed by atoms with Crippen LogP contribution in [0, 0.1) is 6.92 Å². The minimum atomic E-state index is -0.761. The Morgan fingerprint density at radius 2 is 1.77 bits per heavy atom. The number of carbonyl (C=O) groups excluding carboxylic acids is 2. The van der Waals surface area contributed by atoms with E-state index in [1.54, 1.807) is 6.92 Å². The van der Waals surface area contributed by atoms with Crippen LogP contribution in [0.25, 0.3) is 11.1 Å². The van der Waals surface area contributed by atoms with Gasteiger partial charge in [0.2, 0.25) is 5.91 Å². The highest BCUT2D eigenvalue weighted by Crippen LogP contribution is 2.36. The zero-order valence-corrected chi connectivity index (χ0v) is 13.1. The van der Waals surface area contributed by atoms with Crippen LogP contribution in [0.4, 0.5) is 0 Å². The predicted octanol–water partition coefficient (Wildman–Crippen LogP) is 3.49. The summed E-state index contributed by atoms with van der Waals surface area (Å²) < 4.78 is 0. The lowest BCUT2D eigenvalue weighted by Crippen LogP contribution is -2.25. The standard InChI is InChI=1S/C18H16ClNO2/c1-10-7-8-15(19)14(9-10)12-5-3-4-6-13(12)16-17(21)11(2)20-18(16)22/h3-9,11,16H,1-2H3,(H,20,22). The van der Waals surface area contributed by atoms with E-state index in [0.29, 0.717) is 10.6 Å². The summed E-state index contributed by atoms with van der Waals surface area (Å²) in [6.07, 6.45) is 0. The van der Waals surface area contributed by atoms with Gasteiger partial charge in [-0.15, -0.1) is 0 Å². The number of carbonyl (C=O) groups is 2. The van der Waals surface area contributed by atoms with Gasteiger partial charge in [-0.3, -0.25) is 9.59 Å². The molecule has 1 fully saturated rings. The Morgan fingerprint density at radius 1 is 1.05 bits per heavy atom. The third-order valence-electron chi connectivity index (χ3n) is 4.02. The van der Waals surface area contributed by atoms with Crippen LogP contribution < -0.4 is 5.32 Å². The SMILES string of the molecule is Cc1ccc(Cl)c(-c2ccccc2C2C(=O)NC(C)C2=O)c1. The molecule has 1 N–H and O–H groups in total. The molecule has 0 bridgehead atoms. The number of amides is 1. The summed E-state index contributed by atoms with van der Waals surface area (Å²) in [5.41, 5.74) is 3.46. The fourth-order valence-electron chi connectivity index (χ4n) is 2.88. The molecule has 1 heterocycles. The van der Waals surface area contributed by atoms with E-state index in [2.05, 4.69) is 5.32 Å². The van der Waals surface area contributed by atoms with Crippen LogP contribution in [0.15, 0.2) is 42.5 Å². The summed E-state index contributed by atoms with van der Waals surface area (Å²) in [5.74, 6) is -1.10. The van der Waals surface area contributed by atoms with Crippen LogP contribution in [0.3, 0.4) is 0 Å². The van der Waals surface area contributed by atoms with Gasteiger partial charge in [0, 0.05) is 10.6 Å². The monoisotopic (exact) mass is 313 g/mol. The molecule has 2 aromatic carbocycles. The molecular weight excluding hydrogens is 298 g/mol. The number of hydrogen-bond donors (Lipinski definition) is 1. The van der Waals surface area contributed by atoms with Crippen LogP contribution in [0.5, 0.6) is 0 Å². The summed E-state index contributed by atoms with van der Waals surface area (Å²) >= 11 is 6.33. The maximum Gasteiger partial charge on any atom is 0.235 e. The van der Waals surface area contributed by atoms with Gasteiger partial charge in [0.15, 0.2) is 5.78 Å². The Bertz CT molecular complexity index is 769. The maximum atomic E-state index is 12.3. The number of hydrogen-bond acceptors (Lipinski definition) is 2. The fraction of sp³-hybridized carbons (Fsp3) is 0.222. The van der Waals surface area contributed by atoms with E-state index < -0.39 is 12.0 Å². The van der Waals surface area contributed by atoms with Crippen molar-refractivity contribution < 1.29 is 9.59 Å². The highest BCUT2D eigenvalue weighted by Gasteiger charge is 2.40. The van der Waals surface area contributed by atoms with Gasteiger partial charge in [0.05, 0.1) is 6.04 Å². The number of aryl methyl sites for hydroxylation is 1. The molecule has 0 spiro atoms. The molecule has 0 radical (unpaired) electrons. The Kier molecular flexibility index (Phi) is 3.75. The second kappa shape index (κ2) is 5.58. The van der Waals surface area contributed by atoms with Gasteiger partial charge in [0.1, 0.15) is 5.92 Å². The molecule has 1 aliphatic heterocycles. The van der Waals surface area contributed by atoms with Gasteiger partial charge in [-0.05, 0) is 37.1 Å². The number of rotatable bonds is 2. The van der Waals surface area contributed by atoms with Crippen LogP contribution in [-0.2, 0) is 9.59 Å². The smallest absolute Gasteiger partial charge is 0.235 e. The van der Waals surface area contributed by atoms with E-state index in [-0.39, 0.29) is 11.7 Å². The minimum Gasteiger partial charge on any atom is -0.346 e. The van der Waals surface area contributed by atoms with Crippen molar-refractivity contribution in [3.63, 3.8) is 0 Å². The molecule has 2 atom stereocenters. The topological polar surface area (TPSA) is 46.2 Å². The highest BCUT2D eigenvalue weighted by molar-refractivity contribution is 6.33. The van der Waals surface area contributed by atoms with Gasteiger partial charge >= 0.3 is 0 Å². The molecule has 3 nitrogen and oxygen atoms in total. The van der Waals surface area contributed by atoms with E-state index in [1.165, 1.54) is 0 Å². The Morgan fingerprint density at radius 3 is 2.45 bits per heavy atom. The molecule has 0 saturated carbocycles. The molecule has 4 heteroatoms. The average Bonchev–Trinajstić information content (AvgIpc) is 2.75. The van der Waals surface area contributed by atoms with E-state index in [0.717, 1.165) is 16.7 Å². The lowest BCUT2D eigenvalue weighted by atomic mass is 9.87. The Balaban J connectivity index is 2.18. The molecule has 0 aromatic heterocycles. The zero-order chi connectivity index (χ0) is 15.9. The second-order valence-corrected chi connectivity index (χ2v) is 6.04. The van der Waals surface area contributed by atoms with Crippen molar-refractivity contribution in [2.45, 2.75) is 25.8 Å². The second-order valence-electron chi connectivity index (χ2n) is 5.64. The first-order chi connectivity index (χ1) is 10.5. The summed E-state index contributed by atoms with van der Waals surface area (Å²) in [4.78, 5) is 24.5. The quantitative estimate of drug-likeness (QED) is 0.863. The van der Waals surface area contributed by atoms with Crippen molar-refractivity contribution >= 4 is 23.3 Å². The predicted molar refractivity (Wildman–Crippen MR) is 87.0 cm³/mol. The number of benzene rings is 2. The first-order valence-electron chi connectivity index (χ1n) is 7.18. The number of halogens is 1. The number of nitrogens with one attached hydrogen (secondary N) is 1. The van der Waals surface area contributed by atoms with Gasteiger partial charge in [-0.1, -0.05) is 47.5 Å². The first-order valence-corrected chi connectivity index (χ1v) is 7.56. The van der Waals surface area contributed by atoms with E-state index in [4.69, 9.17) is 11.6 Å². The molecule has 3 rings (SSSR count). The zero-order valence-electron chi connectivity index (χ0n) is 12.4. The molecule has 1 aliphatic rings. The largest absolute Gasteiger partial charge is 0.346 e. The summed E-state index contributed by atoms with van der Waals surface area (Å²) in [6.45, 7) is 3.69. The van der Waals surface area contributed by atoms with Crippen LogP contribution in [0.2, 0.25) is 5.02 Å². The summed E-state index contributed by atoms with van der Waals surface area (Å²) in [5, 5.41) is 3.31. The molecular formula is C18H16ClNO2. The summed E-state index contributed by atoms with van der Waals surface area (Å²) in [7, 11) is 0. The molecule has 22 heavy (non-hydrogen) atoms. The Labute approximate surface area is 134 Å². The normalized spacial score (nSPS) is 21.0. The molecule has 112 valence electrons. The van der Waals surface area contributed by atoms with Crippen LogP contribution >= 0.6 is 11.6 Å². The molecule has 1 amide bonds. The fourth-order valence-corrected chi connectivity index (χ4v) is 3.10. The lowest BCUT2D eigenvalue weighted by molar-refractivity contribution is -0.124. The van der Waals surface area contributed by atoms with Crippen LogP contribution in [-0.4, -0.2) is 17.7 Å². The third-order valence-corrected chi connectivity index (χ3v) is 4.35. The van der Waals surface area contributed by atoms with Gasteiger partial charge in [-0.2, -0.15) is 0 Å². The van der Waals surface area contributed by atoms with E-state index >= 15 is 0 Å². The lowest BCUT2D eigenvalue weighted by Gasteiger charge is -2.14. The maximum absolute atomic E-state index is 12.3. The van der Waals surface area contributed by atoms with E-state index in [1.807, 2.05) is 49.4 Å². The molecule has 1 saturated heterocycles. The number of ketones is 1. The van der Waals surface area contributed by atoms with Crippen molar-refractivity contribution in [1.82, 2.24) is 5.32 Å². The van der Waals surface area contributed by atoms with Crippen molar-refractivity contribution in [2.75, 3.05) is 0 Å². The third kappa shape index (κ3) is 2.42. The van der Waals surface area contributed by atoms with Crippen molar-refractivity contribution in [3.05, 3.63) is 58.6 Å². The summed E-state index contributed by atoms with van der Waals surface area (Å²) in [6, 6.07) is 12.8. The molecule has 2 unspecified atom stereocenters. The number of Topliss-reactive ketones (excluding diaryl/α,β-unsaturated/α-hetero) is 1. The van der Waals surface area contributed by atoms with Crippen molar-refractivity contribution in [3.8, 4) is 11.1 Å². The minimum absolute atomic E-state index is 0.0961. The van der Waals surface area contributed by atoms with Crippen LogP contribution in [0.1, 0.15) is 24.0 Å².